The molecule has 0 aliphatic rings. The summed E-state index contributed by atoms with van der Waals surface area (Å²) in [6, 6.07) is 0. The number of alkyl halides is 2. The van der Waals surface area contributed by atoms with Crippen molar-refractivity contribution in [2.24, 2.45) is 5.73 Å². The Morgan fingerprint density at radius 3 is 2.31 bits per heavy atom. The van der Waals surface area contributed by atoms with Crippen LogP contribution in [-0.4, -0.2) is 38.1 Å². The Morgan fingerprint density at radius 2 is 2.00 bits per heavy atom. The van der Waals surface area contributed by atoms with Gasteiger partial charge in [-0.05, 0) is 13.0 Å². The molecule has 0 spiro atoms. The molecule has 0 rings (SSSR count). The normalized spacial score (nSPS) is 12.8. The lowest BCUT2D eigenvalue weighted by atomic mass is 10.4. The average Bonchev–Trinajstić information content (AvgIpc) is 2.05. The zero-order chi connectivity index (χ0) is 10.5. The number of sulfonamides is 1. The summed E-state index contributed by atoms with van der Waals surface area (Å²) in [5.41, 5.74) is 5.14. The van der Waals surface area contributed by atoms with E-state index in [0.717, 1.165) is 4.31 Å². The van der Waals surface area contributed by atoms with Crippen molar-refractivity contribution in [3.63, 3.8) is 0 Å². The van der Waals surface area contributed by atoms with E-state index in [9.17, 15) is 17.2 Å². The quantitative estimate of drug-likeness (QED) is 0.690. The molecule has 13 heavy (non-hydrogen) atoms. The molecule has 0 atom stereocenters. The van der Waals surface area contributed by atoms with E-state index in [0.29, 0.717) is 6.42 Å². The van der Waals surface area contributed by atoms with Gasteiger partial charge in [0.1, 0.15) is 0 Å². The standard InChI is InChI=1S/C6H14F2N2O2S/c1-2-10(5-3-4-9)13(11,12)6(7)8/h6H,2-5,9H2,1H3. The molecule has 80 valence electrons. The fourth-order valence-electron chi connectivity index (χ4n) is 0.846. The van der Waals surface area contributed by atoms with Gasteiger partial charge < -0.3 is 5.73 Å². The molecule has 0 fully saturated rings. The largest absolute Gasteiger partial charge is 0.350 e. The van der Waals surface area contributed by atoms with E-state index < -0.39 is 15.8 Å². The molecule has 0 unspecified atom stereocenters. The van der Waals surface area contributed by atoms with Crippen molar-refractivity contribution in [3.8, 4) is 0 Å². The smallest absolute Gasteiger partial charge is 0.330 e. The van der Waals surface area contributed by atoms with Gasteiger partial charge in [-0.1, -0.05) is 6.92 Å². The number of nitrogens with zero attached hydrogens (tertiary/aromatic N) is 1. The number of halogens is 2. The molecule has 0 aromatic rings. The minimum atomic E-state index is -4.42. The Morgan fingerprint density at radius 1 is 1.46 bits per heavy atom. The molecule has 0 saturated heterocycles. The Balaban J connectivity index is 4.39. The van der Waals surface area contributed by atoms with Crippen molar-refractivity contribution in [2.45, 2.75) is 19.1 Å². The topological polar surface area (TPSA) is 63.4 Å². The van der Waals surface area contributed by atoms with Gasteiger partial charge in [0.2, 0.25) is 0 Å². The van der Waals surface area contributed by atoms with Gasteiger partial charge in [0.05, 0.1) is 0 Å². The summed E-state index contributed by atoms with van der Waals surface area (Å²) in [4.78, 5) is 0. The van der Waals surface area contributed by atoms with Crippen molar-refractivity contribution in [1.29, 1.82) is 0 Å². The molecule has 0 heterocycles. The maximum Gasteiger partial charge on any atom is 0.350 e. The maximum atomic E-state index is 12.0. The van der Waals surface area contributed by atoms with Crippen LogP contribution in [0.1, 0.15) is 13.3 Å². The predicted octanol–water partition coefficient (Wildman–Crippen LogP) is 0.210. The summed E-state index contributed by atoms with van der Waals surface area (Å²) < 4.78 is 46.6. The summed E-state index contributed by atoms with van der Waals surface area (Å²) in [7, 11) is -4.42. The summed E-state index contributed by atoms with van der Waals surface area (Å²) in [5.74, 6) is -3.34. The van der Waals surface area contributed by atoms with Gasteiger partial charge in [0.25, 0.3) is 10.0 Å². The van der Waals surface area contributed by atoms with E-state index in [1.54, 1.807) is 0 Å². The highest BCUT2D eigenvalue weighted by Crippen LogP contribution is 2.11. The van der Waals surface area contributed by atoms with Crippen molar-refractivity contribution in [2.75, 3.05) is 19.6 Å². The zero-order valence-electron chi connectivity index (χ0n) is 7.41. The van der Waals surface area contributed by atoms with Gasteiger partial charge in [0, 0.05) is 13.1 Å². The molecular formula is C6H14F2N2O2S. The van der Waals surface area contributed by atoms with Crippen LogP contribution in [0.15, 0.2) is 0 Å². The second-order valence-electron chi connectivity index (χ2n) is 2.44. The van der Waals surface area contributed by atoms with E-state index >= 15 is 0 Å². The van der Waals surface area contributed by atoms with E-state index in [1.165, 1.54) is 6.92 Å². The Kier molecular flexibility index (Phi) is 5.34. The highest BCUT2D eigenvalue weighted by Gasteiger charge is 2.30. The van der Waals surface area contributed by atoms with Gasteiger partial charge in [0.15, 0.2) is 0 Å². The molecule has 0 aliphatic heterocycles. The monoisotopic (exact) mass is 216 g/mol. The van der Waals surface area contributed by atoms with Gasteiger partial charge in [-0.25, -0.2) is 8.42 Å². The van der Waals surface area contributed by atoms with Crippen molar-refractivity contribution in [3.05, 3.63) is 0 Å². The fraction of sp³-hybridized carbons (Fsp3) is 1.00. The molecular weight excluding hydrogens is 202 g/mol. The van der Waals surface area contributed by atoms with Crippen LogP contribution in [-0.2, 0) is 10.0 Å². The minimum absolute atomic E-state index is 0.0483. The van der Waals surface area contributed by atoms with Crippen LogP contribution < -0.4 is 5.73 Å². The molecule has 0 bridgehead atoms. The highest BCUT2D eigenvalue weighted by molar-refractivity contribution is 7.89. The third-order valence-corrected chi connectivity index (χ3v) is 3.16. The van der Waals surface area contributed by atoms with Crippen molar-refractivity contribution >= 4 is 10.0 Å². The molecule has 4 nitrogen and oxygen atoms in total. The average molecular weight is 216 g/mol. The first-order chi connectivity index (χ1) is 5.96. The van der Waals surface area contributed by atoms with Gasteiger partial charge in [-0.2, -0.15) is 13.1 Å². The summed E-state index contributed by atoms with van der Waals surface area (Å²) in [6.07, 6.45) is 0.389. The SMILES string of the molecule is CCN(CCCN)S(=O)(=O)C(F)F. The van der Waals surface area contributed by atoms with Crippen molar-refractivity contribution < 1.29 is 17.2 Å². The van der Waals surface area contributed by atoms with Gasteiger partial charge >= 0.3 is 5.76 Å². The predicted molar refractivity (Wildman–Crippen MR) is 45.8 cm³/mol. The van der Waals surface area contributed by atoms with Crippen LogP contribution in [0.4, 0.5) is 8.78 Å². The summed E-state index contributed by atoms with van der Waals surface area (Å²) in [5, 5.41) is 0. The molecule has 0 aliphatic carbocycles. The first-order valence-electron chi connectivity index (χ1n) is 3.94. The second kappa shape index (κ2) is 5.46. The molecule has 0 saturated carbocycles. The third-order valence-electron chi connectivity index (χ3n) is 1.55. The van der Waals surface area contributed by atoms with Gasteiger partial charge in [-0.15, -0.1) is 0 Å². The number of nitrogens with two attached hydrogens (primary N) is 1. The Bertz CT molecular complexity index is 231. The molecule has 0 radical (unpaired) electrons. The molecule has 0 aromatic carbocycles. The zero-order valence-corrected chi connectivity index (χ0v) is 8.23. The van der Waals surface area contributed by atoms with Crippen LogP contribution in [0, 0.1) is 0 Å². The van der Waals surface area contributed by atoms with Crippen LogP contribution in [0.2, 0.25) is 0 Å². The minimum Gasteiger partial charge on any atom is -0.330 e. The molecule has 2 N–H and O–H groups in total. The first-order valence-corrected chi connectivity index (χ1v) is 5.44. The van der Waals surface area contributed by atoms with Gasteiger partial charge in [-0.3, -0.25) is 0 Å². The second-order valence-corrected chi connectivity index (χ2v) is 4.34. The van der Waals surface area contributed by atoms with Crippen LogP contribution in [0.3, 0.4) is 0 Å². The molecule has 0 aromatic heterocycles. The molecule has 7 heteroatoms. The first kappa shape index (κ1) is 12.7. The number of hydrogen-bond acceptors (Lipinski definition) is 3. The lowest BCUT2D eigenvalue weighted by Crippen LogP contribution is -2.36. The van der Waals surface area contributed by atoms with Crippen LogP contribution in [0.5, 0.6) is 0 Å². The van der Waals surface area contributed by atoms with E-state index in [1.807, 2.05) is 0 Å². The fourth-order valence-corrected chi connectivity index (χ4v) is 1.81. The summed E-state index contributed by atoms with van der Waals surface area (Å²) in [6.45, 7) is 1.90. The Hall–Kier alpha value is -0.270. The lowest BCUT2D eigenvalue weighted by Gasteiger charge is -2.18. The Labute approximate surface area is 76.8 Å². The van der Waals surface area contributed by atoms with E-state index in [2.05, 4.69) is 0 Å². The van der Waals surface area contributed by atoms with E-state index in [4.69, 9.17) is 5.73 Å². The highest BCUT2D eigenvalue weighted by atomic mass is 32.2. The molecule has 0 amide bonds. The number of rotatable bonds is 6. The van der Waals surface area contributed by atoms with Crippen molar-refractivity contribution in [1.82, 2.24) is 4.31 Å². The van der Waals surface area contributed by atoms with E-state index in [-0.39, 0.29) is 19.6 Å². The third kappa shape index (κ3) is 3.53. The summed E-state index contributed by atoms with van der Waals surface area (Å²) >= 11 is 0. The van der Waals surface area contributed by atoms with Crippen LogP contribution in [0.25, 0.3) is 0 Å². The van der Waals surface area contributed by atoms with Crippen LogP contribution >= 0.6 is 0 Å². The maximum absolute atomic E-state index is 12.0. The lowest BCUT2D eigenvalue weighted by molar-refractivity contribution is 0.219. The number of hydrogen-bond donors (Lipinski definition) is 1.